The number of aromatic nitrogens is 3. The number of aliphatic hydroxyl groups is 1. The summed E-state index contributed by atoms with van der Waals surface area (Å²) in [5.41, 5.74) is 1.89. The van der Waals surface area contributed by atoms with Gasteiger partial charge in [-0.2, -0.15) is 0 Å². The van der Waals surface area contributed by atoms with E-state index in [0.717, 1.165) is 30.8 Å². The molecule has 0 aliphatic heterocycles. The highest BCUT2D eigenvalue weighted by Gasteiger charge is 2.25. The molecule has 2 aromatic rings. The Hall–Kier alpha value is -1.88. The molecule has 108 valence electrons. The smallest absolute Gasteiger partial charge is 0.0894 e. The van der Waals surface area contributed by atoms with Crippen LogP contribution in [0.1, 0.15) is 26.7 Å². The van der Waals surface area contributed by atoms with Crippen LogP contribution in [0.3, 0.4) is 0 Å². The lowest BCUT2D eigenvalue weighted by Crippen LogP contribution is -2.32. The van der Waals surface area contributed by atoms with Crippen molar-refractivity contribution in [1.29, 1.82) is 0 Å². The van der Waals surface area contributed by atoms with E-state index in [9.17, 15) is 5.11 Å². The predicted octanol–water partition coefficient (Wildman–Crippen LogP) is 2.48. The van der Waals surface area contributed by atoms with Crippen LogP contribution in [0, 0.1) is 5.41 Å². The Labute approximate surface area is 119 Å². The number of para-hydroxylation sites is 2. The Balaban J connectivity index is 2.18. The van der Waals surface area contributed by atoms with Crippen molar-refractivity contribution in [1.82, 2.24) is 15.0 Å². The minimum Gasteiger partial charge on any atom is -0.396 e. The van der Waals surface area contributed by atoms with Gasteiger partial charge in [-0.25, -0.2) is 4.68 Å². The monoisotopic (exact) mass is 274 g/mol. The van der Waals surface area contributed by atoms with Crippen LogP contribution < -0.4 is 5.32 Å². The zero-order chi connectivity index (χ0) is 14.4. The second kappa shape index (κ2) is 6.52. The molecule has 0 saturated heterocycles. The van der Waals surface area contributed by atoms with Gasteiger partial charge in [-0.15, -0.1) is 5.10 Å². The molecule has 1 aromatic heterocycles. The van der Waals surface area contributed by atoms with Gasteiger partial charge in [0, 0.05) is 12.0 Å². The lowest BCUT2D eigenvalue weighted by atomic mass is 9.83. The number of rotatable bonds is 7. The SMILES string of the molecule is CCC(CC)(CO)CNc1ccccc1-n1ccnn1. The van der Waals surface area contributed by atoms with E-state index in [1.54, 1.807) is 10.9 Å². The highest BCUT2D eigenvalue weighted by molar-refractivity contribution is 5.60. The molecule has 0 atom stereocenters. The number of anilines is 1. The number of nitrogens with one attached hydrogen (secondary N) is 1. The summed E-state index contributed by atoms with van der Waals surface area (Å²) in [6.45, 7) is 5.16. The maximum absolute atomic E-state index is 9.64. The summed E-state index contributed by atoms with van der Waals surface area (Å²) in [6, 6.07) is 7.97. The van der Waals surface area contributed by atoms with Crippen LogP contribution in [-0.4, -0.2) is 33.3 Å². The number of nitrogens with zero attached hydrogens (tertiary/aromatic N) is 3. The fourth-order valence-electron chi connectivity index (χ4n) is 2.22. The normalized spacial score (nSPS) is 11.6. The van der Waals surface area contributed by atoms with Gasteiger partial charge in [0.15, 0.2) is 0 Å². The third kappa shape index (κ3) is 2.99. The van der Waals surface area contributed by atoms with E-state index in [1.807, 2.05) is 30.5 Å². The lowest BCUT2D eigenvalue weighted by molar-refractivity contribution is 0.127. The highest BCUT2D eigenvalue weighted by Crippen LogP contribution is 2.27. The molecule has 0 unspecified atom stereocenters. The van der Waals surface area contributed by atoms with Crippen LogP contribution in [0.25, 0.3) is 5.69 Å². The van der Waals surface area contributed by atoms with Crippen LogP contribution >= 0.6 is 0 Å². The summed E-state index contributed by atoms with van der Waals surface area (Å²) in [5, 5.41) is 21.0. The average molecular weight is 274 g/mol. The average Bonchev–Trinajstić information content (AvgIpc) is 3.04. The molecule has 0 aliphatic carbocycles. The molecule has 0 fully saturated rings. The van der Waals surface area contributed by atoms with Crippen molar-refractivity contribution in [3.63, 3.8) is 0 Å². The molecule has 2 rings (SSSR count). The number of benzene rings is 1. The topological polar surface area (TPSA) is 63.0 Å². The largest absolute Gasteiger partial charge is 0.396 e. The molecule has 1 aromatic carbocycles. The first-order valence-electron chi connectivity index (χ1n) is 7.05. The van der Waals surface area contributed by atoms with E-state index >= 15 is 0 Å². The molecule has 5 nitrogen and oxygen atoms in total. The lowest BCUT2D eigenvalue weighted by Gasteiger charge is -2.30. The standard InChI is InChI=1S/C15H22N4O/c1-3-15(4-2,12-20)11-16-13-7-5-6-8-14(13)19-10-9-17-18-19/h5-10,16,20H,3-4,11-12H2,1-2H3. The minimum absolute atomic E-state index is 0.0739. The van der Waals surface area contributed by atoms with Crippen LogP contribution in [0.5, 0.6) is 0 Å². The van der Waals surface area contributed by atoms with E-state index in [-0.39, 0.29) is 12.0 Å². The molecule has 0 spiro atoms. The van der Waals surface area contributed by atoms with Gasteiger partial charge in [0.05, 0.1) is 30.4 Å². The van der Waals surface area contributed by atoms with E-state index in [1.165, 1.54) is 0 Å². The van der Waals surface area contributed by atoms with Crippen molar-refractivity contribution in [3.8, 4) is 5.69 Å². The van der Waals surface area contributed by atoms with Gasteiger partial charge in [0.25, 0.3) is 0 Å². The third-order valence-electron chi connectivity index (χ3n) is 4.06. The maximum Gasteiger partial charge on any atom is 0.0894 e. The first-order valence-corrected chi connectivity index (χ1v) is 7.05. The molecule has 20 heavy (non-hydrogen) atoms. The van der Waals surface area contributed by atoms with Gasteiger partial charge in [-0.05, 0) is 25.0 Å². The number of hydrogen-bond donors (Lipinski definition) is 2. The van der Waals surface area contributed by atoms with Crippen molar-refractivity contribution >= 4 is 5.69 Å². The minimum atomic E-state index is -0.0739. The van der Waals surface area contributed by atoms with Gasteiger partial charge in [0.2, 0.25) is 0 Å². The van der Waals surface area contributed by atoms with Gasteiger partial charge in [-0.1, -0.05) is 31.2 Å². The van der Waals surface area contributed by atoms with Crippen molar-refractivity contribution in [3.05, 3.63) is 36.7 Å². The molecule has 0 bridgehead atoms. The molecular weight excluding hydrogens is 252 g/mol. The van der Waals surface area contributed by atoms with Gasteiger partial charge < -0.3 is 10.4 Å². The first kappa shape index (κ1) is 14.5. The summed E-state index contributed by atoms with van der Waals surface area (Å²) in [6.07, 6.45) is 5.36. The zero-order valence-corrected chi connectivity index (χ0v) is 12.1. The summed E-state index contributed by atoms with van der Waals surface area (Å²) in [7, 11) is 0. The van der Waals surface area contributed by atoms with E-state index in [4.69, 9.17) is 0 Å². The van der Waals surface area contributed by atoms with E-state index in [0.29, 0.717) is 0 Å². The van der Waals surface area contributed by atoms with Crippen LogP contribution in [-0.2, 0) is 0 Å². The molecule has 1 heterocycles. The van der Waals surface area contributed by atoms with Crippen molar-refractivity contribution in [2.75, 3.05) is 18.5 Å². The summed E-state index contributed by atoms with van der Waals surface area (Å²) in [5.74, 6) is 0. The summed E-state index contributed by atoms with van der Waals surface area (Å²) < 4.78 is 1.74. The zero-order valence-electron chi connectivity index (χ0n) is 12.1. The Bertz CT molecular complexity index is 512. The number of aliphatic hydroxyl groups excluding tert-OH is 1. The molecular formula is C15H22N4O. The summed E-state index contributed by atoms with van der Waals surface area (Å²) >= 11 is 0. The fourth-order valence-corrected chi connectivity index (χ4v) is 2.22. The van der Waals surface area contributed by atoms with Crippen LogP contribution in [0.2, 0.25) is 0 Å². The molecule has 5 heteroatoms. The summed E-state index contributed by atoms with van der Waals surface area (Å²) in [4.78, 5) is 0. The Kier molecular flexibility index (Phi) is 4.74. The van der Waals surface area contributed by atoms with E-state index in [2.05, 4.69) is 29.5 Å². The van der Waals surface area contributed by atoms with Crippen molar-refractivity contribution < 1.29 is 5.11 Å². The Morgan fingerprint density at radius 1 is 1.25 bits per heavy atom. The first-order chi connectivity index (χ1) is 9.74. The van der Waals surface area contributed by atoms with Crippen LogP contribution in [0.15, 0.2) is 36.7 Å². The molecule has 0 saturated carbocycles. The molecule has 0 aliphatic rings. The second-order valence-corrected chi connectivity index (χ2v) is 5.08. The second-order valence-electron chi connectivity index (χ2n) is 5.08. The van der Waals surface area contributed by atoms with Gasteiger partial charge >= 0.3 is 0 Å². The molecule has 2 N–H and O–H groups in total. The van der Waals surface area contributed by atoms with Gasteiger partial charge in [0.1, 0.15) is 0 Å². The number of hydrogen-bond acceptors (Lipinski definition) is 4. The fraction of sp³-hybridized carbons (Fsp3) is 0.467. The Morgan fingerprint density at radius 3 is 2.60 bits per heavy atom. The predicted molar refractivity (Wildman–Crippen MR) is 79.9 cm³/mol. The highest BCUT2D eigenvalue weighted by atomic mass is 16.3. The van der Waals surface area contributed by atoms with Gasteiger partial charge in [-0.3, -0.25) is 0 Å². The third-order valence-corrected chi connectivity index (χ3v) is 4.06. The van der Waals surface area contributed by atoms with Crippen LogP contribution in [0.4, 0.5) is 5.69 Å². The van der Waals surface area contributed by atoms with Crippen molar-refractivity contribution in [2.24, 2.45) is 5.41 Å². The molecule has 0 amide bonds. The molecule has 0 radical (unpaired) electrons. The Morgan fingerprint density at radius 2 is 2.00 bits per heavy atom. The quantitative estimate of drug-likeness (QED) is 0.814. The van der Waals surface area contributed by atoms with Crippen molar-refractivity contribution in [2.45, 2.75) is 26.7 Å². The maximum atomic E-state index is 9.64. The van der Waals surface area contributed by atoms with E-state index < -0.39 is 0 Å².